The standard InChI is InChI=1S/C12H12BrNO/c13-9-6-3-7-10-11(9)12(14-15-10)8-4-1-2-5-8/h3,6-8H,1-2,4-5H2. The van der Waals surface area contributed by atoms with Gasteiger partial charge in [0.1, 0.15) is 0 Å². The molecule has 3 rings (SSSR count). The van der Waals surface area contributed by atoms with Crippen molar-refractivity contribution in [1.29, 1.82) is 0 Å². The molecule has 1 aromatic heterocycles. The van der Waals surface area contributed by atoms with Gasteiger partial charge in [0.2, 0.25) is 0 Å². The average Bonchev–Trinajstić information content (AvgIpc) is 2.85. The van der Waals surface area contributed by atoms with Crippen molar-refractivity contribution in [2.75, 3.05) is 0 Å². The lowest BCUT2D eigenvalue weighted by Crippen LogP contribution is -1.92. The molecule has 78 valence electrons. The number of nitrogens with zero attached hydrogens (tertiary/aromatic N) is 1. The Morgan fingerprint density at radius 1 is 1.27 bits per heavy atom. The maximum absolute atomic E-state index is 5.36. The SMILES string of the molecule is Brc1cccc2onc(C3CCCC3)c12. The van der Waals surface area contributed by atoms with Crippen LogP contribution in [0.5, 0.6) is 0 Å². The highest BCUT2D eigenvalue weighted by atomic mass is 79.9. The van der Waals surface area contributed by atoms with E-state index in [1.165, 1.54) is 31.1 Å². The Hall–Kier alpha value is -0.830. The van der Waals surface area contributed by atoms with Crippen LogP contribution in [-0.4, -0.2) is 5.16 Å². The predicted molar refractivity (Wildman–Crippen MR) is 62.9 cm³/mol. The molecule has 1 aliphatic rings. The zero-order valence-electron chi connectivity index (χ0n) is 8.37. The first-order valence-corrected chi connectivity index (χ1v) is 6.19. The van der Waals surface area contributed by atoms with Crippen LogP contribution in [0.4, 0.5) is 0 Å². The highest BCUT2D eigenvalue weighted by Crippen LogP contribution is 2.39. The van der Waals surface area contributed by atoms with Gasteiger partial charge in [-0.2, -0.15) is 0 Å². The normalized spacial score (nSPS) is 17.7. The fourth-order valence-corrected chi connectivity index (χ4v) is 3.00. The third-order valence-corrected chi connectivity index (χ3v) is 3.88. The van der Waals surface area contributed by atoms with Crippen LogP contribution in [0, 0.1) is 0 Å². The summed E-state index contributed by atoms with van der Waals surface area (Å²) in [6, 6.07) is 6.01. The summed E-state index contributed by atoms with van der Waals surface area (Å²) in [7, 11) is 0. The molecular formula is C12H12BrNO. The van der Waals surface area contributed by atoms with E-state index in [2.05, 4.69) is 27.2 Å². The molecule has 0 bridgehead atoms. The second-order valence-corrected chi connectivity index (χ2v) is 5.02. The van der Waals surface area contributed by atoms with E-state index >= 15 is 0 Å². The third-order valence-electron chi connectivity index (χ3n) is 3.22. The van der Waals surface area contributed by atoms with Gasteiger partial charge in [-0.25, -0.2) is 0 Å². The monoisotopic (exact) mass is 265 g/mol. The number of fused-ring (bicyclic) bond motifs is 1. The lowest BCUT2D eigenvalue weighted by atomic mass is 10.0. The lowest BCUT2D eigenvalue weighted by Gasteiger charge is -2.04. The van der Waals surface area contributed by atoms with Crippen molar-refractivity contribution in [3.8, 4) is 0 Å². The molecule has 1 aromatic carbocycles. The van der Waals surface area contributed by atoms with Crippen molar-refractivity contribution in [3.05, 3.63) is 28.4 Å². The van der Waals surface area contributed by atoms with Crippen molar-refractivity contribution < 1.29 is 4.52 Å². The summed E-state index contributed by atoms with van der Waals surface area (Å²) in [6.45, 7) is 0. The Bertz CT molecular complexity index is 485. The van der Waals surface area contributed by atoms with Crippen molar-refractivity contribution in [3.63, 3.8) is 0 Å². The highest BCUT2D eigenvalue weighted by Gasteiger charge is 2.23. The van der Waals surface area contributed by atoms with Gasteiger partial charge in [-0.15, -0.1) is 0 Å². The maximum Gasteiger partial charge on any atom is 0.168 e. The molecule has 0 N–H and O–H groups in total. The molecule has 0 amide bonds. The Balaban J connectivity index is 2.18. The average molecular weight is 266 g/mol. The smallest absolute Gasteiger partial charge is 0.168 e. The maximum atomic E-state index is 5.36. The Morgan fingerprint density at radius 2 is 2.07 bits per heavy atom. The van der Waals surface area contributed by atoms with Gasteiger partial charge in [-0.05, 0) is 40.9 Å². The summed E-state index contributed by atoms with van der Waals surface area (Å²) in [5, 5.41) is 5.40. The molecule has 0 aliphatic heterocycles. The molecule has 2 aromatic rings. The van der Waals surface area contributed by atoms with Gasteiger partial charge in [-0.3, -0.25) is 0 Å². The van der Waals surface area contributed by atoms with Gasteiger partial charge in [0.25, 0.3) is 0 Å². The van der Waals surface area contributed by atoms with Crippen LogP contribution in [0.2, 0.25) is 0 Å². The second kappa shape index (κ2) is 3.63. The van der Waals surface area contributed by atoms with Crippen LogP contribution in [0.1, 0.15) is 37.3 Å². The van der Waals surface area contributed by atoms with Crippen LogP contribution in [0.15, 0.2) is 27.2 Å². The van der Waals surface area contributed by atoms with E-state index in [1.807, 2.05) is 12.1 Å². The largest absolute Gasteiger partial charge is 0.356 e. The van der Waals surface area contributed by atoms with Crippen molar-refractivity contribution >= 4 is 26.9 Å². The summed E-state index contributed by atoms with van der Waals surface area (Å²) in [5.74, 6) is 0.602. The van der Waals surface area contributed by atoms with Crippen molar-refractivity contribution in [2.45, 2.75) is 31.6 Å². The topological polar surface area (TPSA) is 26.0 Å². The molecule has 1 heterocycles. The minimum atomic E-state index is 0.602. The minimum absolute atomic E-state index is 0.602. The number of hydrogen-bond donors (Lipinski definition) is 0. The molecule has 0 spiro atoms. The van der Waals surface area contributed by atoms with E-state index in [-0.39, 0.29) is 0 Å². The first kappa shape index (κ1) is 9.40. The van der Waals surface area contributed by atoms with Crippen molar-refractivity contribution in [2.24, 2.45) is 0 Å². The molecular weight excluding hydrogens is 254 g/mol. The van der Waals surface area contributed by atoms with Gasteiger partial charge >= 0.3 is 0 Å². The quantitative estimate of drug-likeness (QED) is 0.771. The van der Waals surface area contributed by atoms with Gasteiger partial charge in [-0.1, -0.05) is 24.1 Å². The Kier molecular flexibility index (Phi) is 2.28. The molecule has 2 nitrogen and oxygen atoms in total. The van der Waals surface area contributed by atoms with E-state index in [9.17, 15) is 0 Å². The number of rotatable bonds is 1. The van der Waals surface area contributed by atoms with Crippen LogP contribution >= 0.6 is 15.9 Å². The Morgan fingerprint density at radius 3 is 2.87 bits per heavy atom. The molecule has 3 heteroatoms. The van der Waals surface area contributed by atoms with Gasteiger partial charge in [0.05, 0.1) is 11.1 Å². The zero-order valence-corrected chi connectivity index (χ0v) is 9.96. The van der Waals surface area contributed by atoms with Crippen LogP contribution < -0.4 is 0 Å². The summed E-state index contributed by atoms with van der Waals surface area (Å²) in [6.07, 6.45) is 5.15. The van der Waals surface area contributed by atoms with Gasteiger partial charge in [0.15, 0.2) is 5.58 Å². The predicted octanol–water partition coefficient (Wildman–Crippen LogP) is 4.25. The molecule has 15 heavy (non-hydrogen) atoms. The van der Waals surface area contributed by atoms with Gasteiger partial charge in [0, 0.05) is 10.4 Å². The molecule has 1 fully saturated rings. The first-order valence-electron chi connectivity index (χ1n) is 5.40. The van der Waals surface area contributed by atoms with Crippen LogP contribution in [0.3, 0.4) is 0 Å². The second-order valence-electron chi connectivity index (χ2n) is 4.16. The molecule has 0 atom stereocenters. The molecule has 0 unspecified atom stereocenters. The first-order chi connectivity index (χ1) is 7.36. The van der Waals surface area contributed by atoms with Crippen molar-refractivity contribution in [1.82, 2.24) is 5.16 Å². The van der Waals surface area contributed by atoms with Gasteiger partial charge < -0.3 is 4.52 Å². The number of halogens is 1. The van der Waals surface area contributed by atoms with Crippen LogP contribution in [0.25, 0.3) is 11.0 Å². The minimum Gasteiger partial charge on any atom is -0.356 e. The fraction of sp³-hybridized carbons (Fsp3) is 0.417. The summed E-state index contributed by atoms with van der Waals surface area (Å²) in [4.78, 5) is 0. The highest BCUT2D eigenvalue weighted by molar-refractivity contribution is 9.10. The number of hydrogen-bond acceptors (Lipinski definition) is 2. The lowest BCUT2D eigenvalue weighted by molar-refractivity contribution is 0.437. The number of benzene rings is 1. The fourth-order valence-electron chi connectivity index (χ4n) is 2.45. The van der Waals surface area contributed by atoms with E-state index in [1.54, 1.807) is 0 Å². The van der Waals surface area contributed by atoms with E-state index < -0.39 is 0 Å². The molecule has 1 saturated carbocycles. The van der Waals surface area contributed by atoms with E-state index in [0.717, 1.165) is 15.7 Å². The summed E-state index contributed by atoms with van der Waals surface area (Å²) in [5.41, 5.74) is 2.04. The zero-order chi connectivity index (χ0) is 10.3. The van der Waals surface area contributed by atoms with E-state index in [4.69, 9.17) is 4.52 Å². The number of aromatic nitrogens is 1. The Labute approximate surface area is 96.8 Å². The molecule has 0 radical (unpaired) electrons. The summed E-state index contributed by atoms with van der Waals surface area (Å²) < 4.78 is 6.46. The molecule has 1 aliphatic carbocycles. The molecule has 0 saturated heterocycles. The van der Waals surface area contributed by atoms with Crippen LogP contribution in [-0.2, 0) is 0 Å². The summed E-state index contributed by atoms with van der Waals surface area (Å²) >= 11 is 3.57. The third kappa shape index (κ3) is 1.49. The van der Waals surface area contributed by atoms with E-state index in [0.29, 0.717) is 5.92 Å².